The minimum Gasteiger partial charge on any atom is -0.396 e. The fourth-order valence-corrected chi connectivity index (χ4v) is 1.91. The zero-order chi connectivity index (χ0) is 12.7. The van der Waals surface area contributed by atoms with Crippen LogP contribution in [0.3, 0.4) is 0 Å². The van der Waals surface area contributed by atoms with Crippen molar-refractivity contribution in [3.63, 3.8) is 0 Å². The highest BCUT2D eigenvalue weighted by atomic mass is 16.3. The van der Waals surface area contributed by atoms with E-state index in [0.29, 0.717) is 6.04 Å². The molecule has 1 rings (SSSR count). The van der Waals surface area contributed by atoms with Gasteiger partial charge >= 0.3 is 0 Å². The third-order valence-corrected chi connectivity index (χ3v) is 3.15. The number of nitrogens with zero attached hydrogens (tertiary/aromatic N) is 1. The van der Waals surface area contributed by atoms with Crippen LogP contribution in [0.15, 0.2) is 24.3 Å². The van der Waals surface area contributed by atoms with Crippen LogP contribution in [-0.2, 0) is 13.0 Å². The monoisotopic (exact) mass is 235 g/mol. The third kappa shape index (κ3) is 4.88. The van der Waals surface area contributed by atoms with Crippen molar-refractivity contribution in [1.82, 2.24) is 4.90 Å². The van der Waals surface area contributed by atoms with Gasteiger partial charge in [-0.2, -0.15) is 0 Å². The van der Waals surface area contributed by atoms with Gasteiger partial charge in [-0.05, 0) is 37.8 Å². The quantitative estimate of drug-likeness (QED) is 0.785. The van der Waals surface area contributed by atoms with Gasteiger partial charge in [-0.25, -0.2) is 0 Å². The van der Waals surface area contributed by atoms with Crippen LogP contribution in [0.5, 0.6) is 0 Å². The Labute approximate surface area is 105 Å². The van der Waals surface area contributed by atoms with Gasteiger partial charge in [0.25, 0.3) is 0 Å². The SMILES string of the molecule is CCc1ccc(CN(CCCO)C(C)C)cc1. The highest BCUT2D eigenvalue weighted by Gasteiger charge is 2.09. The maximum absolute atomic E-state index is 8.90. The molecule has 0 aromatic heterocycles. The minimum atomic E-state index is 0.276. The number of hydrogen-bond acceptors (Lipinski definition) is 2. The lowest BCUT2D eigenvalue weighted by atomic mass is 10.1. The van der Waals surface area contributed by atoms with Gasteiger partial charge in [0.05, 0.1) is 0 Å². The van der Waals surface area contributed by atoms with E-state index in [2.05, 4.69) is 49.9 Å². The number of benzene rings is 1. The topological polar surface area (TPSA) is 23.5 Å². The average Bonchev–Trinajstić information content (AvgIpc) is 2.35. The minimum absolute atomic E-state index is 0.276. The fourth-order valence-electron chi connectivity index (χ4n) is 1.91. The van der Waals surface area contributed by atoms with Crippen molar-refractivity contribution < 1.29 is 5.11 Å². The van der Waals surface area contributed by atoms with E-state index in [1.165, 1.54) is 11.1 Å². The fraction of sp³-hybridized carbons (Fsp3) is 0.600. The summed E-state index contributed by atoms with van der Waals surface area (Å²) >= 11 is 0. The molecule has 96 valence electrons. The molecule has 0 bridgehead atoms. The molecule has 0 amide bonds. The molecule has 0 aliphatic heterocycles. The Kier molecular flexibility index (Phi) is 6.23. The van der Waals surface area contributed by atoms with E-state index in [1.54, 1.807) is 0 Å². The Morgan fingerprint density at radius 2 is 1.71 bits per heavy atom. The van der Waals surface area contributed by atoms with Gasteiger partial charge < -0.3 is 5.11 Å². The molecule has 17 heavy (non-hydrogen) atoms. The summed E-state index contributed by atoms with van der Waals surface area (Å²) < 4.78 is 0. The van der Waals surface area contributed by atoms with Crippen molar-refractivity contribution in [3.8, 4) is 0 Å². The molecule has 1 N–H and O–H groups in total. The highest BCUT2D eigenvalue weighted by molar-refractivity contribution is 5.22. The summed E-state index contributed by atoms with van der Waals surface area (Å²) in [6, 6.07) is 9.37. The third-order valence-electron chi connectivity index (χ3n) is 3.15. The summed E-state index contributed by atoms with van der Waals surface area (Å²) in [5.41, 5.74) is 2.74. The number of aliphatic hydroxyl groups is 1. The lowest BCUT2D eigenvalue weighted by Crippen LogP contribution is -2.31. The standard InChI is InChI=1S/C15H25NO/c1-4-14-6-8-15(9-7-14)12-16(13(2)3)10-5-11-17/h6-9,13,17H,4-5,10-12H2,1-3H3. The van der Waals surface area contributed by atoms with E-state index in [9.17, 15) is 0 Å². The maximum Gasteiger partial charge on any atom is 0.0443 e. The van der Waals surface area contributed by atoms with Gasteiger partial charge in [-0.3, -0.25) is 4.90 Å². The van der Waals surface area contributed by atoms with Gasteiger partial charge in [0, 0.05) is 25.7 Å². The van der Waals surface area contributed by atoms with Crippen LogP contribution in [-0.4, -0.2) is 29.2 Å². The molecule has 0 atom stereocenters. The normalized spacial score (nSPS) is 11.4. The van der Waals surface area contributed by atoms with Crippen LogP contribution in [0.2, 0.25) is 0 Å². The van der Waals surface area contributed by atoms with E-state index in [0.717, 1.165) is 25.9 Å². The van der Waals surface area contributed by atoms with Gasteiger partial charge in [0.15, 0.2) is 0 Å². The Morgan fingerprint density at radius 3 is 2.18 bits per heavy atom. The van der Waals surface area contributed by atoms with Gasteiger partial charge in [0.2, 0.25) is 0 Å². The van der Waals surface area contributed by atoms with E-state index in [-0.39, 0.29) is 6.61 Å². The van der Waals surface area contributed by atoms with Crippen LogP contribution in [0.25, 0.3) is 0 Å². The molecule has 0 unspecified atom stereocenters. The molecule has 0 spiro atoms. The lowest BCUT2D eigenvalue weighted by Gasteiger charge is -2.26. The molecule has 0 saturated heterocycles. The molecule has 0 heterocycles. The average molecular weight is 235 g/mol. The van der Waals surface area contributed by atoms with Gasteiger partial charge in [-0.15, -0.1) is 0 Å². The summed E-state index contributed by atoms with van der Waals surface area (Å²) in [5, 5.41) is 8.90. The van der Waals surface area contributed by atoms with Crippen LogP contribution >= 0.6 is 0 Å². The summed E-state index contributed by atoms with van der Waals surface area (Å²) in [5.74, 6) is 0. The molecule has 2 heteroatoms. The molecule has 0 saturated carbocycles. The van der Waals surface area contributed by atoms with E-state index in [1.807, 2.05) is 0 Å². The second-order valence-electron chi connectivity index (χ2n) is 4.81. The van der Waals surface area contributed by atoms with E-state index < -0.39 is 0 Å². The van der Waals surface area contributed by atoms with Crippen molar-refractivity contribution >= 4 is 0 Å². The molecular formula is C15H25NO. The van der Waals surface area contributed by atoms with Crippen LogP contribution in [0.1, 0.15) is 38.3 Å². The van der Waals surface area contributed by atoms with Crippen LogP contribution in [0.4, 0.5) is 0 Å². The lowest BCUT2D eigenvalue weighted by molar-refractivity contribution is 0.185. The van der Waals surface area contributed by atoms with Crippen molar-refractivity contribution in [3.05, 3.63) is 35.4 Å². The molecule has 0 aliphatic carbocycles. The first-order valence-electron chi connectivity index (χ1n) is 6.60. The molecular weight excluding hydrogens is 210 g/mol. The van der Waals surface area contributed by atoms with Gasteiger partial charge in [0.1, 0.15) is 0 Å². The predicted molar refractivity (Wildman–Crippen MR) is 73.1 cm³/mol. The number of aryl methyl sites for hydroxylation is 1. The second kappa shape index (κ2) is 7.46. The number of rotatable bonds is 7. The number of aliphatic hydroxyl groups excluding tert-OH is 1. The molecule has 1 aromatic rings. The van der Waals surface area contributed by atoms with Crippen molar-refractivity contribution in [2.45, 2.75) is 46.2 Å². The second-order valence-corrected chi connectivity index (χ2v) is 4.81. The first kappa shape index (κ1) is 14.2. The first-order valence-corrected chi connectivity index (χ1v) is 6.60. The number of hydrogen-bond donors (Lipinski definition) is 1. The zero-order valence-corrected chi connectivity index (χ0v) is 11.3. The smallest absolute Gasteiger partial charge is 0.0443 e. The van der Waals surface area contributed by atoms with Crippen molar-refractivity contribution in [2.75, 3.05) is 13.2 Å². The highest BCUT2D eigenvalue weighted by Crippen LogP contribution is 2.10. The summed E-state index contributed by atoms with van der Waals surface area (Å²) in [6.45, 7) is 8.80. The first-order chi connectivity index (χ1) is 8.17. The Hall–Kier alpha value is -0.860. The van der Waals surface area contributed by atoms with Crippen molar-refractivity contribution in [2.24, 2.45) is 0 Å². The molecule has 1 aromatic carbocycles. The van der Waals surface area contributed by atoms with E-state index >= 15 is 0 Å². The Bertz CT molecular complexity index is 305. The predicted octanol–water partition coefficient (Wildman–Crippen LogP) is 2.84. The van der Waals surface area contributed by atoms with Crippen molar-refractivity contribution in [1.29, 1.82) is 0 Å². The molecule has 2 nitrogen and oxygen atoms in total. The van der Waals surface area contributed by atoms with Gasteiger partial charge in [-0.1, -0.05) is 31.2 Å². The van der Waals surface area contributed by atoms with E-state index in [4.69, 9.17) is 5.11 Å². The zero-order valence-electron chi connectivity index (χ0n) is 11.3. The Morgan fingerprint density at radius 1 is 1.12 bits per heavy atom. The Balaban J connectivity index is 2.58. The molecule has 0 radical (unpaired) electrons. The summed E-state index contributed by atoms with van der Waals surface area (Å²) in [7, 11) is 0. The maximum atomic E-state index is 8.90. The molecule has 0 fully saturated rings. The summed E-state index contributed by atoms with van der Waals surface area (Å²) in [4.78, 5) is 2.40. The molecule has 0 aliphatic rings. The van der Waals surface area contributed by atoms with Crippen LogP contribution in [0, 0.1) is 0 Å². The summed E-state index contributed by atoms with van der Waals surface area (Å²) in [6.07, 6.45) is 1.95. The largest absolute Gasteiger partial charge is 0.396 e. The van der Waals surface area contributed by atoms with Crippen LogP contribution < -0.4 is 0 Å².